The van der Waals surface area contributed by atoms with Gasteiger partial charge in [0.2, 0.25) is 6.29 Å². The third-order valence-corrected chi connectivity index (χ3v) is 3.47. The molecule has 2 N–H and O–H groups in total. The van der Waals surface area contributed by atoms with E-state index in [1.165, 1.54) is 0 Å². The van der Waals surface area contributed by atoms with Crippen LogP contribution in [0, 0.1) is 0 Å². The normalized spacial score (nSPS) is 12.1. The van der Waals surface area contributed by atoms with Gasteiger partial charge in [0.25, 0.3) is 0 Å². The summed E-state index contributed by atoms with van der Waals surface area (Å²) in [6, 6.07) is 10.2. The predicted octanol–water partition coefficient (Wildman–Crippen LogP) is 2.57. The molecule has 0 atom stereocenters. The van der Waals surface area contributed by atoms with Gasteiger partial charge in [0.1, 0.15) is 5.69 Å². The van der Waals surface area contributed by atoms with Crippen LogP contribution in [-0.4, -0.2) is 24.0 Å². The number of benzene rings is 1. The molecule has 1 aromatic carbocycles. The zero-order valence-electron chi connectivity index (χ0n) is 13.3. The molecule has 0 spiro atoms. The second-order valence-corrected chi connectivity index (χ2v) is 5.68. The van der Waals surface area contributed by atoms with Crippen LogP contribution in [-0.2, 0) is 22.1 Å². The van der Waals surface area contributed by atoms with Crippen molar-refractivity contribution in [1.29, 1.82) is 0 Å². The van der Waals surface area contributed by atoms with Gasteiger partial charge < -0.3 is 15.2 Å². The van der Waals surface area contributed by atoms with Crippen LogP contribution in [0.2, 0.25) is 0 Å². The Kier molecular flexibility index (Phi) is 4.46. The van der Waals surface area contributed by atoms with Gasteiger partial charge in [0, 0.05) is 32.4 Å². The number of rotatable bonds is 5. The van der Waals surface area contributed by atoms with Crippen molar-refractivity contribution in [1.82, 2.24) is 9.78 Å². The van der Waals surface area contributed by atoms with Gasteiger partial charge in [-0.3, -0.25) is 4.68 Å². The van der Waals surface area contributed by atoms with Crippen LogP contribution < -0.4 is 5.73 Å². The van der Waals surface area contributed by atoms with Crippen molar-refractivity contribution in [2.75, 3.05) is 14.2 Å². The molecule has 114 valence electrons. The van der Waals surface area contributed by atoms with E-state index in [2.05, 4.69) is 11.2 Å². The highest BCUT2D eigenvalue weighted by Gasteiger charge is 2.18. The average molecular weight is 289 g/mol. The summed E-state index contributed by atoms with van der Waals surface area (Å²) in [4.78, 5) is 0. The zero-order valence-corrected chi connectivity index (χ0v) is 13.3. The lowest BCUT2D eigenvalue weighted by Crippen LogP contribution is -2.28. The predicted molar refractivity (Wildman–Crippen MR) is 82.6 cm³/mol. The summed E-state index contributed by atoms with van der Waals surface area (Å²) < 4.78 is 12.3. The highest BCUT2D eigenvalue weighted by molar-refractivity contribution is 5.61. The largest absolute Gasteiger partial charge is 0.350 e. The maximum absolute atomic E-state index is 6.18. The lowest BCUT2D eigenvalue weighted by atomic mass is 9.93. The minimum absolute atomic E-state index is 0.376. The van der Waals surface area contributed by atoms with E-state index < -0.39 is 6.29 Å². The molecular formula is C16H23N3O2. The molecule has 2 rings (SSSR count). The summed E-state index contributed by atoms with van der Waals surface area (Å²) in [5, 5.41) is 4.46. The summed E-state index contributed by atoms with van der Waals surface area (Å²) in [5.41, 5.74) is 9.69. The Labute approximate surface area is 125 Å². The van der Waals surface area contributed by atoms with E-state index in [1.807, 2.05) is 49.8 Å². The van der Waals surface area contributed by atoms with Crippen molar-refractivity contribution < 1.29 is 9.47 Å². The third-order valence-electron chi connectivity index (χ3n) is 3.47. The van der Waals surface area contributed by atoms with Gasteiger partial charge in [-0.25, -0.2) is 0 Å². The fourth-order valence-corrected chi connectivity index (χ4v) is 2.29. The van der Waals surface area contributed by atoms with Crippen LogP contribution >= 0.6 is 0 Å². The molecule has 0 saturated carbocycles. The number of nitrogens with two attached hydrogens (primary N) is 1. The highest BCUT2D eigenvalue weighted by atomic mass is 16.7. The van der Waals surface area contributed by atoms with Gasteiger partial charge in [0.05, 0.1) is 5.69 Å². The molecule has 21 heavy (non-hydrogen) atoms. The van der Waals surface area contributed by atoms with Crippen LogP contribution in [0.25, 0.3) is 11.3 Å². The number of hydrogen-bond donors (Lipinski definition) is 1. The summed E-state index contributed by atoms with van der Waals surface area (Å²) in [7, 11) is 5.10. The Morgan fingerprint density at radius 1 is 1.19 bits per heavy atom. The number of aromatic nitrogens is 2. The van der Waals surface area contributed by atoms with Crippen molar-refractivity contribution >= 4 is 0 Å². The van der Waals surface area contributed by atoms with Gasteiger partial charge in [-0.15, -0.1) is 0 Å². The van der Waals surface area contributed by atoms with Crippen LogP contribution in [0.5, 0.6) is 0 Å². The number of hydrogen-bond acceptors (Lipinski definition) is 4. The molecule has 0 radical (unpaired) electrons. The van der Waals surface area contributed by atoms with Crippen molar-refractivity contribution in [3.8, 4) is 11.3 Å². The molecule has 0 saturated heterocycles. The SMILES string of the molecule is COC(OC)c1cc(-c2cccc(C(C)(C)N)c2)n(C)n1. The van der Waals surface area contributed by atoms with Crippen LogP contribution in [0.4, 0.5) is 0 Å². The molecular weight excluding hydrogens is 266 g/mol. The molecule has 1 heterocycles. The Bertz CT molecular complexity index is 610. The highest BCUT2D eigenvalue weighted by Crippen LogP contribution is 2.27. The molecule has 2 aromatic rings. The Morgan fingerprint density at radius 3 is 2.43 bits per heavy atom. The summed E-state index contributed by atoms with van der Waals surface area (Å²) in [6.07, 6.45) is -0.459. The van der Waals surface area contributed by atoms with Crippen LogP contribution in [0.1, 0.15) is 31.4 Å². The second kappa shape index (κ2) is 5.97. The van der Waals surface area contributed by atoms with Crippen molar-refractivity contribution in [3.05, 3.63) is 41.6 Å². The van der Waals surface area contributed by atoms with Crippen molar-refractivity contribution in [2.24, 2.45) is 12.8 Å². The van der Waals surface area contributed by atoms with Gasteiger partial charge in [-0.1, -0.05) is 18.2 Å². The maximum Gasteiger partial charge on any atom is 0.202 e. The summed E-state index contributed by atoms with van der Waals surface area (Å²) in [5.74, 6) is 0. The van der Waals surface area contributed by atoms with E-state index in [0.29, 0.717) is 0 Å². The molecule has 5 nitrogen and oxygen atoms in total. The van der Waals surface area contributed by atoms with Gasteiger partial charge in [-0.2, -0.15) is 5.10 Å². The molecule has 0 aliphatic heterocycles. The lowest BCUT2D eigenvalue weighted by Gasteiger charge is -2.19. The Morgan fingerprint density at radius 2 is 1.86 bits per heavy atom. The fourth-order valence-electron chi connectivity index (χ4n) is 2.29. The zero-order chi connectivity index (χ0) is 15.6. The first-order valence-corrected chi connectivity index (χ1v) is 6.86. The summed E-state index contributed by atoms with van der Waals surface area (Å²) in [6.45, 7) is 3.99. The van der Waals surface area contributed by atoms with Gasteiger partial charge >= 0.3 is 0 Å². The minimum atomic E-state index is -0.459. The first-order valence-electron chi connectivity index (χ1n) is 6.86. The number of ether oxygens (including phenoxy) is 2. The van der Waals surface area contributed by atoms with E-state index in [-0.39, 0.29) is 5.54 Å². The molecule has 0 aliphatic carbocycles. The minimum Gasteiger partial charge on any atom is -0.350 e. The molecule has 0 amide bonds. The van der Waals surface area contributed by atoms with Crippen molar-refractivity contribution in [2.45, 2.75) is 25.7 Å². The molecule has 0 fully saturated rings. The Balaban J connectivity index is 2.43. The standard InChI is InChI=1S/C16H23N3O2/c1-16(2,17)12-8-6-7-11(9-12)14-10-13(18-19(14)3)15(20-4)21-5/h6-10,15H,17H2,1-5H3. The van der Waals surface area contributed by atoms with E-state index >= 15 is 0 Å². The molecule has 0 bridgehead atoms. The quantitative estimate of drug-likeness (QED) is 0.859. The fraction of sp³-hybridized carbons (Fsp3) is 0.438. The number of aryl methyl sites for hydroxylation is 1. The smallest absolute Gasteiger partial charge is 0.202 e. The lowest BCUT2D eigenvalue weighted by molar-refractivity contribution is -0.108. The first kappa shape index (κ1) is 15.7. The van der Waals surface area contributed by atoms with Crippen molar-refractivity contribution in [3.63, 3.8) is 0 Å². The van der Waals surface area contributed by atoms with Gasteiger partial charge in [-0.05, 0) is 31.5 Å². The first-order chi connectivity index (χ1) is 9.86. The Hall–Kier alpha value is -1.69. The van der Waals surface area contributed by atoms with Crippen LogP contribution in [0.3, 0.4) is 0 Å². The molecule has 5 heteroatoms. The van der Waals surface area contributed by atoms with E-state index in [1.54, 1.807) is 14.2 Å². The summed E-state index contributed by atoms with van der Waals surface area (Å²) >= 11 is 0. The molecule has 0 aliphatic rings. The molecule has 0 unspecified atom stereocenters. The average Bonchev–Trinajstić information content (AvgIpc) is 2.81. The monoisotopic (exact) mass is 289 g/mol. The number of nitrogens with zero attached hydrogens (tertiary/aromatic N) is 2. The van der Waals surface area contributed by atoms with Crippen LogP contribution in [0.15, 0.2) is 30.3 Å². The molecule has 1 aromatic heterocycles. The topological polar surface area (TPSA) is 62.3 Å². The maximum atomic E-state index is 6.18. The third kappa shape index (κ3) is 3.32. The van der Waals surface area contributed by atoms with Gasteiger partial charge in [0.15, 0.2) is 0 Å². The van der Waals surface area contributed by atoms with E-state index in [4.69, 9.17) is 15.2 Å². The van der Waals surface area contributed by atoms with E-state index in [9.17, 15) is 0 Å². The number of methoxy groups -OCH3 is 2. The van der Waals surface area contributed by atoms with E-state index in [0.717, 1.165) is 22.5 Å². The second-order valence-electron chi connectivity index (χ2n) is 5.68.